The van der Waals surface area contributed by atoms with E-state index in [1.807, 2.05) is 19.9 Å². The number of nitrogens with one attached hydrogen (secondary N) is 3. The largest absolute Gasteiger partial charge is 0.323 e. The Morgan fingerprint density at radius 1 is 1.36 bits per heavy atom. The standard InChI is InChI=1S/C14H17N5O3/c1-9(2)8-11-13(19(21)22)12(17-16-11)14(20)18-15-10-6-4-3-5-7-10/h3-7,9,15H,8H2,1-2H3,(H,16,17)(H,18,20). The van der Waals surface area contributed by atoms with Crippen LogP contribution in [0.1, 0.15) is 30.0 Å². The van der Waals surface area contributed by atoms with Crippen LogP contribution in [0.15, 0.2) is 30.3 Å². The van der Waals surface area contributed by atoms with Gasteiger partial charge in [0, 0.05) is 0 Å². The van der Waals surface area contributed by atoms with Gasteiger partial charge in [0.05, 0.1) is 10.6 Å². The minimum atomic E-state index is -0.665. The van der Waals surface area contributed by atoms with E-state index in [1.165, 1.54) is 0 Å². The average molecular weight is 303 g/mol. The van der Waals surface area contributed by atoms with Crippen molar-refractivity contribution in [2.45, 2.75) is 20.3 Å². The Bertz CT molecular complexity index is 666. The first-order valence-corrected chi connectivity index (χ1v) is 6.82. The van der Waals surface area contributed by atoms with Crippen LogP contribution in [-0.2, 0) is 6.42 Å². The van der Waals surface area contributed by atoms with Gasteiger partial charge in [-0.3, -0.25) is 30.9 Å². The number of rotatable bonds is 6. The molecule has 8 nitrogen and oxygen atoms in total. The van der Waals surface area contributed by atoms with Crippen molar-refractivity contribution in [3.05, 3.63) is 51.8 Å². The lowest BCUT2D eigenvalue weighted by Gasteiger charge is -2.06. The zero-order chi connectivity index (χ0) is 16.1. The summed E-state index contributed by atoms with van der Waals surface area (Å²) in [6, 6.07) is 8.94. The third-order valence-corrected chi connectivity index (χ3v) is 2.92. The van der Waals surface area contributed by atoms with E-state index >= 15 is 0 Å². The molecule has 0 aliphatic heterocycles. The number of H-pyrrole nitrogens is 1. The van der Waals surface area contributed by atoms with Crippen LogP contribution >= 0.6 is 0 Å². The summed E-state index contributed by atoms with van der Waals surface area (Å²) < 4.78 is 0. The molecular weight excluding hydrogens is 286 g/mol. The van der Waals surface area contributed by atoms with Gasteiger partial charge in [0.2, 0.25) is 5.69 Å². The molecule has 1 aromatic heterocycles. The van der Waals surface area contributed by atoms with Crippen LogP contribution < -0.4 is 10.9 Å². The Hall–Kier alpha value is -2.90. The second kappa shape index (κ2) is 6.70. The summed E-state index contributed by atoms with van der Waals surface area (Å²) in [6.45, 7) is 3.86. The summed E-state index contributed by atoms with van der Waals surface area (Å²) in [5, 5.41) is 17.6. The SMILES string of the molecule is CC(C)Cc1[nH]nc(C(=O)NNc2ccccc2)c1[N+](=O)[O-]. The molecule has 0 saturated heterocycles. The second-order valence-electron chi connectivity index (χ2n) is 5.20. The predicted octanol–water partition coefficient (Wildman–Crippen LogP) is 2.27. The highest BCUT2D eigenvalue weighted by Crippen LogP contribution is 2.23. The quantitative estimate of drug-likeness (QED) is 0.559. The van der Waals surface area contributed by atoms with Crippen LogP contribution in [0.5, 0.6) is 0 Å². The molecule has 2 aromatic rings. The van der Waals surface area contributed by atoms with E-state index in [2.05, 4.69) is 21.0 Å². The molecule has 0 aliphatic rings. The first kappa shape index (κ1) is 15.5. The number of amides is 1. The molecule has 0 fully saturated rings. The Labute approximate surface area is 127 Å². The van der Waals surface area contributed by atoms with Gasteiger partial charge in [0.25, 0.3) is 5.91 Å². The number of carbonyl (C=O) groups is 1. The molecule has 22 heavy (non-hydrogen) atoms. The molecule has 0 spiro atoms. The first-order valence-electron chi connectivity index (χ1n) is 6.82. The molecule has 0 unspecified atom stereocenters. The van der Waals surface area contributed by atoms with Crippen molar-refractivity contribution in [3.8, 4) is 0 Å². The van der Waals surface area contributed by atoms with Gasteiger partial charge in [-0.25, -0.2) is 0 Å². The predicted molar refractivity (Wildman–Crippen MR) is 81.3 cm³/mol. The molecule has 1 heterocycles. The minimum Gasteiger partial charge on any atom is -0.298 e. The summed E-state index contributed by atoms with van der Waals surface area (Å²) in [5.74, 6) is -0.459. The van der Waals surface area contributed by atoms with Gasteiger partial charge in [0.1, 0.15) is 5.69 Å². The molecule has 3 N–H and O–H groups in total. The normalized spacial score (nSPS) is 10.5. The maximum absolute atomic E-state index is 12.1. The van der Waals surface area contributed by atoms with Crippen molar-refractivity contribution in [3.63, 3.8) is 0 Å². The molecule has 0 aliphatic carbocycles. The van der Waals surface area contributed by atoms with E-state index in [-0.39, 0.29) is 17.3 Å². The van der Waals surface area contributed by atoms with Crippen LogP contribution in [0.25, 0.3) is 0 Å². The van der Waals surface area contributed by atoms with Crippen molar-refractivity contribution < 1.29 is 9.72 Å². The Morgan fingerprint density at radius 3 is 2.64 bits per heavy atom. The van der Waals surface area contributed by atoms with Gasteiger partial charge < -0.3 is 0 Å². The number of hydrogen-bond donors (Lipinski definition) is 3. The highest BCUT2D eigenvalue weighted by molar-refractivity contribution is 5.97. The van der Waals surface area contributed by atoms with Crippen LogP contribution in [-0.4, -0.2) is 21.0 Å². The molecule has 1 amide bonds. The van der Waals surface area contributed by atoms with E-state index in [4.69, 9.17) is 0 Å². The molecule has 8 heteroatoms. The summed E-state index contributed by atoms with van der Waals surface area (Å²) in [7, 11) is 0. The monoisotopic (exact) mass is 303 g/mol. The zero-order valence-corrected chi connectivity index (χ0v) is 12.3. The highest BCUT2D eigenvalue weighted by Gasteiger charge is 2.29. The van der Waals surface area contributed by atoms with Crippen molar-refractivity contribution in [1.82, 2.24) is 15.6 Å². The molecule has 0 bridgehead atoms. The van der Waals surface area contributed by atoms with Gasteiger partial charge >= 0.3 is 5.69 Å². The van der Waals surface area contributed by atoms with Gasteiger partial charge in [-0.1, -0.05) is 32.0 Å². The number of nitrogens with zero attached hydrogens (tertiary/aromatic N) is 2. The van der Waals surface area contributed by atoms with Crippen molar-refractivity contribution in [2.24, 2.45) is 5.92 Å². The summed E-state index contributed by atoms with van der Waals surface area (Å²) >= 11 is 0. The van der Waals surface area contributed by atoms with Gasteiger partial charge in [-0.05, 0) is 24.5 Å². The van der Waals surface area contributed by atoms with E-state index in [9.17, 15) is 14.9 Å². The zero-order valence-electron chi connectivity index (χ0n) is 12.3. The lowest BCUT2D eigenvalue weighted by Crippen LogP contribution is -2.30. The number of benzene rings is 1. The van der Waals surface area contributed by atoms with Gasteiger partial charge in [-0.2, -0.15) is 5.10 Å². The van der Waals surface area contributed by atoms with Crippen LogP contribution in [0.2, 0.25) is 0 Å². The molecule has 116 valence electrons. The lowest BCUT2D eigenvalue weighted by molar-refractivity contribution is -0.385. The highest BCUT2D eigenvalue weighted by atomic mass is 16.6. The number of para-hydroxylation sites is 1. The number of hydrazine groups is 1. The van der Waals surface area contributed by atoms with Crippen LogP contribution in [0.3, 0.4) is 0 Å². The van der Waals surface area contributed by atoms with E-state index in [0.717, 1.165) is 0 Å². The second-order valence-corrected chi connectivity index (χ2v) is 5.20. The fourth-order valence-electron chi connectivity index (χ4n) is 1.99. The molecule has 0 radical (unpaired) electrons. The number of aromatic nitrogens is 2. The van der Waals surface area contributed by atoms with Gasteiger partial charge in [0.15, 0.2) is 0 Å². The third-order valence-electron chi connectivity index (χ3n) is 2.92. The third kappa shape index (κ3) is 3.60. The maximum Gasteiger partial charge on any atom is 0.323 e. The van der Waals surface area contributed by atoms with Crippen LogP contribution in [0.4, 0.5) is 11.4 Å². The number of anilines is 1. The molecule has 2 rings (SSSR count). The topological polar surface area (TPSA) is 113 Å². The fraction of sp³-hybridized carbons (Fsp3) is 0.286. The molecule has 0 atom stereocenters. The van der Waals surface area contributed by atoms with Crippen molar-refractivity contribution in [1.29, 1.82) is 0 Å². The van der Waals surface area contributed by atoms with Crippen molar-refractivity contribution >= 4 is 17.3 Å². The number of nitro groups is 1. The first-order chi connectivity index (χ1) is 10.5. The van der Waals surface area contributed by atoms with E-state index < -0.39 is 10.8 Å². The molecular formula is C14H17N5O3. The molecule has 1 aromatic carbocycles. The average Bonchev–Trinajstić information content (AvgIpc) is 2.89. The minimum absolute atomic E-state index is 0.206. The smallest absolute Gasteiger partial charge is 0.298 e. The van der Waals surface area contributed by atoms with E-state index in [1.54, 1.807) is 24.3 Å². The van der Waals surface area contributed by atoms with Crippen LogP contribution in [0, 0.1) is 16.0 Å². The van der Waals surface area contributed by atoms with E-state index in [0.29, 0.717) is 17.8 Å². The Kier molecular flexibility index (Phi) is 4.72. The summed E-state index contributed by atoms with van der Waals surface area (Å²) in [6.07, 6.45) is 0.447. The summed E-state index contributed by atoms with van der Waals surface area (Å²) in [5.41, 5.74) is 5.59. The fourth-order valence-corrected chi connectivity index (χ4v) is 1.99. The summed E-state index contributed by atoms with van der Waals surface area (Å²) in [4.78, 5) is 22.7. The Morgan fingerprint density at radius 2 is 2.05 bits per heavy atom. The lowest BCUT2D eigenvalue weighted by atomic mass is 10.1. The maximum atomic E-state index is 12.1. The van der Waals surface area contributed by atoms with Gasteiger partial charge in [-0.15, -0.1) is 0 Å². The number of aromatic amines is 1. The van der Waals surface area contributed by atoms with Crippen molar-refractivity contribution in [2.75, 3.05) is 5.43 Å². The molecule has 0 saturated carbocycles. The number of carbonyl (C=O) groups excluding carboxylic acids is 1. The Balaban J connectivity index is 2.15. The number of hydrogen-bond acceptors (Lipinski definition) is 5.